The van der Waals surface area contributed by atoms with E-state index in [0.717, 1.165) is 26.6 Å². The van der Waals surface area contributed by atoms with Crippen LogP contribution in [0.5, 0.6) is 5.75 Å². The van der Waals surface area contributed by atoms with E-state index in [2.05, 4.69) is 26.1 Å². The maximum absolute atomic E-state index is 13.1. The minimum atomic E-state index is -0.257. The summed E-state index contributed by atoms with van der Waals surface area (Å²) in [6.07, 6.45) is 1.67. The van der Waals surface area contributed by atoms with E-state index in [1.54, 1.807) is 19.5 Å². The fraction of sp³-hybridized carbons (Fsp3) is 0.125. The number of halogens is 2. The van der Waals surface area contributed by atoms with Gasteiger partial charge in [-0.1, -0.05) is 33.8 Å². The third-order valence-electron chi connectivity index (χ3n) is 3.24. The molecule has 0 fully saturated rings. The van der Waals surface area contributed by atoms with Crippen LogP contribution in [0.15, 0.2) is 58.4 Å². The van der Waals surface area contributed by atoms with Crippen molar-refractivity contribution in [3.63, 3.8) is 0 Å². The van der Waals surface area contributed by atoms with Gasteiger partial charge < -0.3 is 4.74 Å². The Bertz CT molecular complexity index is 807. The Morgan fingerprint density at radius 1 is 1.22 bits per heavy atom. The van der Waals surface area contributed by atoms with Gasteiger partial charge in [-0.05, 0) is 42.0 Å². The van der Waals surface area contributed by atoms with E-state index in [1.165, 1.54) is 23.9 Å². The molecule has 0 spiro atoms. The van der Waals surface area contributed by atoms with Crippen LogP contribution < -0.4 is 4.74 Å². The van der Waals surface area contributed by atoms with Crippen LogP contribution in [-0.2, 0) is 5.75 Å². The van der Waals surface area contributed by atoms with Crippen LogP contribution in [0.4, 0.5) is 4.39 Å². The largest absolute Gasteiger partial charge is 0.497 e. The van der Waals surface area contributed by atoms with E-state index in [-0.39, 0.29) is 5.82 Å². The van der Waals surface area contributed by atoms with Crippen molar-refractivity contribution in [1.82, 2.24) is 14.8 Å². The number of benzene rings is 2. The lowest BCUT2D eigenvalue weighted by molar-refractivity contribution is 0.414. The maximum Gasteiger partial charge on any atom is 0.195 e. The average molecular weight is 394 g/mol. The zero-order chi connectivity index (χ0) is 16.2. The van der Waals surface area contributed by atoms with Crippen molar-refractivity contribution in [2.75, 3.05) is 7.11 Å². The van der Waals surface area contributed by atoms with Gasteiger partial charge in [0.15, 0.2) is 5.16 Å². The number of aromatic nitrogens is 3. The molecule has 0 amide bonds. The highest BCUT2D eigenvalue weighted by Crippen LogP contribution is 2.28. The SMILES string of the molecule is COc1ccc(-n2cnnc2SCc2ccc(F)cc2Br)cc1. The van der Waals surface area contributed by atoms with Crippen molar-refractivity contribution < 1.29 is 9.13 Å². The Kier molecular flexibility index (Phi) is 4.97. The van der Waals surface area contributed by atoms with Gasteiger partial charge in [-0.2, -0.15) is 0 Å². The van der Waals surface area contributed by atoms with Gasteiger partial charge in [0.2, 0.25) is 0 Å². The van der Waals surface area contributed by atoms with Gasteiger partial charge in [-0.15, -0.1) is 10.2 Å². The fourth-order valence-electron chi connectivity index (χ4n) is 2.02. The smallest absolute Gasteiger partial charge is 0.195 e. The molecule has 118 valence electrons. The van der Waals surface area contributed by atoms with E-state index < -0.39 is 0 Å². The lowest BCUT2D eigenvalue weighted by atomic mass is 10.2. The van der Waals surface area contributed by atoms with Gasteiger partial charge in [-0.3, -0.25) is 4.57 Å². The summed E-state index contributed by atoms with van der Waals surface area (Å²) in [7, 11) is 1.63. The number of methoxy groups -OCH3 is 1. The summed E-state index contributed by atoms with van der Waals surface area (Å²) < 4.78 is 21.0. The molecule has 4 nitrogen and oxygen atoms in total. The number of rotatable bonds is 5. The first-order chi connectivity index (χ1) is 11.2. The molecular weight excluding hydrogens is 381 g/mol. The molecule has 0 radical (unpaired) electrons. The number of thioether (sulfide) groups is 1. The van der Waals surface area contributed by atoms with Crippen LogP contribution >= 0.6 is 27.7 Å². The van der Waals surface area contributed by atoms with E-state index in [1.807, 2.05) is 28.8 Å². The highest BCUT2D eigenvalue weighted by molar-refractivity contribution is 9.10. The van der Waals surface area contributed by atoms with E-state index in [0.29, 0.717) is 5.75 Å². The Morgan fingerprint density at radius 3 is 2.70 bits per heavy atom. The van der Waals surface area contributed by atoms with Crippen molar-refractivity contribution >= 4 is 27.7 Å². The number of nitrogens with zero attached hydrogens (tertiary/aromatic N) is 3. The summed E-state index contributed by atoms with van der Waals surface area (Å²) in [5.41, 5.74) is 1.96. The Morgan fingerprint density at radius 2 is 2.00 bits per heavy atom. The van der Waals surface area contributed by atoms with Gasteiger partial charge in [0.05, 0.1) is 7.11 Å². The molecule has 23 heavy (non-hydrogen) atoms. The monoisotopic (exact) mass is 393 g/mol. The second kappa shape index (κ2) is 7.14. The first-order valence-corrected chi connectivity index (χ1v) is 8.56. The molecule has 0 aliphatic rings. The summed E-state index contributed by atoms with van der Waals surface area (Å²) >= 11 is 4.92. The predicted octanol–water partition coefficient (Wildman–Crippen LogP) is 4.47. The maximum atomic E-state index is 13.1. The molecule has 0 saturated carbocycles. The molecule has 2 aromatic carbocycles. The molecule has 1 aromatic heterocycles. The van der Waals surface area contributed by atoms with E-state index in [4.69, 9.17) is 4.74 Å². The molecule has 3 aromatic rings. The molecule has 0 atom stereocenters. The van der Waals surface area contributed by atoms with Gasteiger partial charge in [0.1, 0.15) is 17.9 Å². The zero-order valence-corrected chi connectivity index (χ0v) is 14.6. The van der Waals surface area contributed by atoms with Crippen molar-refractivity contribution in [2.45, 2.75) is 10.9 Å². The molecule has 7 heteroatoms. The summed E-state index contributed by atoms with van der Waals surface area (Å²) in [6, 6.07) is 12.3. The Labute approximate surface area is 145 Å². The fourth-order valence-corrected chi connectivity index (χ4v) is 3.63. The lowest BCUT2D eigenvalue weighted by Gasteiger charge is -2.08. The number of hydrogen-bond acceptors (Lipinski definition) is 4. The normalized spacial score (nSPS) is 10.7. The number of hydrogen-bond donors (Lipinski definition) is 0. The van der Waals surface area contributed by atoms with Crippen LogP contribution in [0.3, 0.4) is 0 Å². The molecule has 3 rings (SSSR count). The van der Waals surface area contributed by atoms with Crippen LogP contribution in [-0.4, -0.2) is 21.9 Å². The zero-order valence-electron chi connectivity index (χ0n) is 12.2. The van der Waals surface area contributed by atoms with Gasteiger partial charge in [0.25, 0.3) is 0 Å². The third kappa shape index (κ3) is 3.73. The molecule has 0 unspecified atom stereocenters. The highest BCUT2D eigenvalue weighted by Gasteiger charge is 2.09. The molecule has 1 heterocycles. The Balaban J connectivity index is 1.78. The Hall–Kier alpha value is -1.86. The topological polar surface area (TPSA) is 39.9 Å². The molecule has 0 aliphatic carbocycles. The summed E-state index contributed by atoms with van der Waals surface area (Å²) in [4.78, 5) is 0. The summed E-state index contributed by atoms with van der Waals surface area (Å²) in [6.45, 7) is 0. The first-order valence-electron chi connectivity index (χ1n) is 6.78. The van der Waals surface area contributed by atoms with Crippen molar-refractivity contribution in [3.05, 3.63) is 64.6 Å². The summed E-state index contributed by atoms with van der Waals surface area (Å²) in [5, 5.41) is 8.90. The second-order valence-electron chi connectivity index (χ2n) is 4.71. The number of ether oxygens (including phenoxy) is 1. The minimum Gasteiger partial charge on any atom is -0.497 e. The van der Waals surface area contributed by atoms with Gasteiger partial charge >= 0.3 is 0 Å². The first kappa shape index (κ1) is 16.0. The minimum absolute atomic E-state index is 0.257. The van der Waals surface area contributed by atoms with Crippen molar-refractivity contribution in [1.29, 1.82) is 0 Å². The van der Waals surface area contributed by atoms with Gasteiger partial charge in [-0.25, -0.2) is 4.39 Å². The van der Waals surface area contributed by atoms with Crippen molar-refractivity contribution in [2.24, 2.45) is 0 Å². The third-order valence-corrected chi connectivity index (χ3v) is 4.97. The van der Waals surface area contributed by atoms with Crippen LogP contribution in [0.1, 0.15) is 5.56 Å². The van der Waals surface area contributed by atoms with Crippen molar-refractivity contribution in [3.8, 4) is 11.4 Å². The molecule has 0 N–H and O–H groups in total. The van der Waals surface area contributed by atoms with Crippen LogP contribution in [0, 0.1) is 5.82 Å². The van der Waals surface area contributed by atoms with E-state index >= 15 is 0 Å². The van der Waals surface area contributed by atoms with Crippen LogP contribution in [0.25, 0.3) is 5.69 Å². The van der Waals surface area contributed by atoms with Crippen LogP contribution in [0.2, 0.25) is 0 Å². The van der Waals surface area contributed by atoms with Gasteiger partial charge in [0, 0.05) is 15.9 Å². The summed E-state index contributed by atoms with van der Waals surface area (Å²) in [5.74, 6) is 1.20. The second-order valence-corrected chi connectivity index (χ2v) is 6.50. The lowest BCUT2D eigenvalue weighted by Crippen LogP contribution is -1.96. The predicted molar refractivity (Wildman–Crippen MR) is 91.6 cm³/mol. The van der Waals surface area contributed by atoms with E-state index in [9.17, 15) is 4.39 Å². The molecule has 0 saturated heterocycles. The molecule has 0 bridgehead atoms. The average Bonchev–Trinajstić information content (AvgIpc) is 3.02. The molecular formula is C16H13BrFN3OS. The standard InChI is InChI=1S/C16H13BrFN3OS/c1-22-14-6-4-13(5-7-14)21-10-19-20-16(21)23-9-11-2-3-12(18)8-15(11)17/h2-8,10H,9H2,1H3. The molecule has 0 aliphatic heterocycles. The highest BCUT2D eigenvalue weighted by atomic mass is 79.9. The quantitative estimate of drug-likeness (QED) is 0.599.